The fraction of sp³-hybridized carbons (Fsp3) is 0.304. The fourth-order valence-electron chi connectivity index (χ4n) is 3.95. The predicted octanol–water partition coefficient (Wildman–Crippen LogP) is 6.03. The average Bonchev–Trinajstić information content (AvgIpc) is 3.43. The highest BCUT2D eigenvalue weighted by molar-refractivity contribution is 7.13. The largest absolute Gasteiger partial charge is 0.496 e. The zero-order valence-electron chi connectivity index (χ0n) is 16.2. The molecule has 3 aromatic rings. The van der Waals surface area contributed by atoms with Gasteiger partial charge in [-0.3, -0.25) is 4.79 Å². The maximum absolute atomic E-state index is 13.1. The quantitative estimate of drug-likeness (QED) is 0.451. The number of methoxy groups -OCH3 is 1. The molecule has 0 spiro atoms. The number of rotatable bonds is 6. The Kier molecular flexibility index (Phi) is 5.88. The first-order valence-corrected chi connectivity index (χ1v) is 10.9. The van der Waals surface area contributed by atoms with Crippen molar-refractivity contribution >= 4 is 28.9 Å². The van der Waals surface area contributed by atoms with E-state index in [1.165, 1.54) is 11.3 Å². The molecule has 0 amide bonds. The summed E-state index contributed by atoms with van der Waals surface area (Å²) < 4.78 is 11.2. The van der Waals surface area contributed by atoms with Crippen LogP contribution in [0.3, 0.4) is 0 Å². The summed E-state index contributed by atoms with van der Waals surface area (Å²) in [6.07, 6.45) is 3.65. The Morgan fingerprint density at radius 3 is 2.59 bits per heavy atom. The molecule has 1 heterocycles. The summed E-state index contributed by atoms with van der Waals surface area (Å²) in [5.41, 5.74) is 2.09. The van der Waals surface area contributed by atoms with Crippen molar-refractivity contribution in [3.8, 4) is 16.3 Å². The van der Waals surface area contributed by atoms with E-state index in [4.69, 9.17) is 21.1 Å². The Balaban J connectivity index is 1.49. The number of hydrogen-bond donors (Lipinski definition) is 0. The highest BCUT2D eigenvalue weighted by Crippen LogP contribution is 2.42. The van der Waals surface area contributed by atoms with Crippen molar-refractivity contribution < 1.29 is 14.3 Å². The van der Waals surface area contributed by atoms with E-state index >= 15 is 0 Å². The van der Waals surface area contributed by atoms with Gasteiger partial charge in [-0.1, -0.05) is 48.7 Å². The van der Waals surface area contributed by atoms with Gasteiger partial charge in [0.2, 0.25) is 0 Å². The second-order valence-electron chi connectivity index (χ2n) is 7.22. The second kappa shape index (κ2) is 8.56. The van der Waals surface area contributed by atoms with Crippen LogP contribution in [0.5, 0.6) is 5.75 Å². The van der Waals surface area contributed by atoms with Gasteiger partial charge >= 0.3 is 5.97 Å². The van der Waals surface area contributed by atoms with Crippen LogP contribution in [0, 0.1) is 0 Å². The highest BCUT2D eigenvalue weighted by Gasteiger charge is 2.44. The molecule has 2 aromatic carbocycles. The van der Waals surface area contributed by atoms with E-state index in [1.807, 2.05) is 53.9 Å². The third-order valence-electron chi connectivity index (χ3n) is 5.48. The minimum atomic E-state index is -0.577. The van der Waals surface area contributed by atoms with Crippen LogP contribution in [-0.4, -0.2) is 18.1 Å². The number of aromatic nitrogens is 1. The van der Waals surface area contributed by atoms with Gasteiger partial charge in [-0.05, 0) is 42.7 Å². The number of carbonyl (C=O) groups is 1. The minimum absolute atomic E-state index is 0.166. The van der Waals surface area contributed by atoms with Crippen molar-refractivity contribution in [3.05, 3.63) is 70.2 Å². The zero-order valence-corrected chi connectivity index (χ0v) is 17.8. The van der Waals surface area contributed by atoms with Gasteiger partial charge in [0, 0.05) is 10.4 Å². The van der Waals surface area contributed by atoms with E-state index in [9.17, 15) is 4.79 Å². The van der Waals surface area contributed by atoms with Gasteiger partial charge in [0.15, 0.2) is 0 Å². The number of ether oxygens (including phenoxy) is 2. The lowest BCUT2D eigenvalue weighted by Gasteiger charge is -2.27. The monoisotopic (exact) mass is 427 g/mol. The third-order valence-corrected chi connectivity index (χ3v) is 6.66. The molecular weight excluding hydrogens is 406 g/mol. The standard InChI is InChI=1S/C23H22ClNO3S/c1-27-20-7-3-2-6-19(20)21-25-18(15-29-21)14-28-22(26)23(12-4-5-13-23)16-8-10-17(24)11-9-16/h2-3,6-11,15H,4-5,12-14H2,1H3. The molecule has 0 radical (unpaired) electrons. The smallest absolute Gasteiger partial charge is 0.316 e. The molecule has 0 aliphatic heterocycles. The summed E-state index contributed by atoms with van der Waals surface area (Å²) in [5.74, 6) is 0.599. The van der Waals surface area contributed by atoms with Crippen molar-refractivity contribution in [1.82, 2.24) is 4.98 Å². The number of nitrogens with zero attached hydrogens (tertiary/aromatic N) is 1. The molecule has 1 aromatic heterocycles. The second-order valence-corrected chi connectivity index (χ2v) is 8.51. The van der Waals surface area contributed by atoms with Crippen LogP contribution in [0.1, 0.15) is 36.9 Å². The number of para-hydroxylation sites is 1. The number of benzene rings is 2. The van der Waals surface area contributed by atoms with E-state index in [1.54, 1.807) is 7.11 Å². The van der Waals surface area contributed by atoms with Gasteiger partial charge in [0.1, 0.15) is 17.4 Å². The topological polar surface area (TPSA) is 48.4 Å². The maximum atomic E-state index is 13.1. The Labute approximate surface area is 179 Å². The summed E-state index contributed by atoms with van der Waals surface area (Å²) >= 11 is 7.54. The van der Waals surface area contributed by atoms with Crippen LogP contribution in [-0.2, 0) is 21.6 Å². The molecule has 29 heavy (non-hydrogen) atoms. The number of esters is 1. The molecule has 1 aliphatic rings. The molecular formula is C23H22ClNO3S. The van der Waals surface area contributed by atoms with Gasteiger partial charge in [0.25, 0.3) is 0 Å². The first kappa shape index (κ1) is 19.9. The lowest BCUT2D eigenvalue weighted by Crippen LogP contribution is -2.34. The summed E-state index contributed by atoms with van der Waals surface area (Å²) in [6, 6.07) is 15.3. The van der Waals surface area contributed by atoms with E-state index < -0.39 is 5.41 Å². The van der Waals surface area contributed by atoms with Gasteiger partial charge in [0.05, 0.1) is 23.8 Å². The summed E-state index contributed by atoms with van der Waals surface area (Å²) in [6.45, 7) is 0.166. The first-order valence-electron chi connectivity index (χ1n) is 9.63. The Morgan fingerprint density at radius 2 is 1.86 bits per heavy atom. The number of thiazole rings is 1. The van der Waals surface area contributed by atoms with E-state index in [0.29, 0.717) is 5.02 Å². The number of carbonyl (C=O) groups excluding carboxylic acids is 1. The van der Waals surface area contributed by atoms with Gasteiger partial charge in [-0.25, -0.2) is 4.98 Å². The van der Waals surface area contributed by atoms with Crippen molar-refractivity contribution in [2.75, 3.05) is 7.11 Å². The molecule has 4 rings (SSSR count). The lowest BCUT2D eigenvalue weighted by molar-refractivity contribution is -0.152. The normalized spacial score (nSPS) is 15.2. The molecule has 0 bridgehead atoms. The van der Waals surface area contributed by atoms with Crippen LogP contribution in [0.4, 0.5) is 0 Å². The van der Waals surface area contributed by atoms with Crippen LogP contribution < -0.4 is 4.74 Å². The molecule has 4 nitrogen and oxygen atoms in total. The van der Waals surface area contributed by atoms with Gasteiger partial charge in [-0.15, -0.1) is 11.3 Å². The van der Waals surface area contributed by atoms with Gasteiger partial charge < -0.3 is 9.47 Å². The van der Waals surface area contributed by atoms with Crippen molar-refractivity contribution in [2.45, 2.75) is 37.7 Å². The number of hydrogen-bond acceptors (Lipinski definition) is 5. The van der Waals surface area contributed by atoms with Crippen molar-refractivity contribution in [2.24, 2.45) is 0 Å². The highest BCUT2D eigenvalue weighted by atomic mass is 35.5. The molecule has 0 unspecified atom stereocenters. The van der Waals surface area contributed by atoms with E-state index in [-0.39, 0.29) is 12.6 Å². The van der Waals surface area contributed by atoms with Crippen molar-refractivity contribution in [1.29, 1.82) is 0 Å². The zero-order chi connectivity index (χ0) is 20.3. The summed E-state index contributed by atoms with van der Waals surface area (Å²) in [5, 5.41) is 3.45. The predicted molar refractivity (Wildman–Crippen MR) is 115 cm³/mol. The lowest BCUT2D eigenvalue weighted by atomic mass is 9.79. The van der Waals surface area contributed by atoms with Crippen LogP contribution >= 0.6 is 22.9 Å². The Bertz CT molecular complexity index is 993. The fourth-order valence-corrected chi connectivity index (χ4v) is 4.91. The maximum Gasteiger partial charge on any atom is 0.316 e. The van der Waals surface area contributed by atoms with Crippen molar-refractivity contribution in [3.63, 3.8) is 0 Å². The van der Waals surface area contributed by atoms with Gasteiger partial charge in [-0.2, -0.15) is 0 Å². The summed E-state index contributed by atoms with van der Waals surface area (Å²) in [7, 11) is 1.65. The molecule has 0 atom stereocenters. The Morgan fingerprint density at radius 1 is 1.14 bits per heavy atom. The third kappa shape index (κ3) is 4.02. The van der Waals surface area contributed by atoms with Crippen LogP contribution in [0.2, 0.25) is 5.02 Å². The molecule has 1 fully saturated rings. The summed E-state index contributed by atoms with van der Waals surface area (Å²) in [4.78, 5) is 17.7. The minimum Gasteiger partial charge on any atom is -0.496 e. The van der Waals surface area contributed by atoms with Crippen LogP contribution in [0.15, 0.2) is 53.9 Å². The molecule has 6 heteroatoms. The number of halogens is 1. The molecule has 1 saturated carbocycles. The average molecular weight is 428 g/mol. The molecule has 0 N–H and O–H groups in total. The Hall–Kier alpha value is -2.37. The van der Waals surface area contributed by atoms with Crippen LogP contribution in [0.25, 0.3) is 10.6 Å². The van der Waals surface area contributed by atoms with E-state index in [2.05, 4.69) is 4.98 Å². The first-order chi connectivity index (χ1) is 14.1. The molecule has 0 saturated heterocycles. The SMILES string of the molecule is COc1ccccc1-c1nc(COC(=O)C2(c3ccc(Cl)cc3)CCCC2)cs1. The van der Waals surface area contributed by atoms with E-state index in [0.717, 1.165) is 53.3 Å². The molecule has 150 valence electrons. The molecule has 1 aliphatic carbocycles.